The van der Waals surface area contributed by atoms with Gasteiger partial charge in [-0.25, -0.2) is 13.9 Å². The maximum Gasteiger partial charge on any atom is 0.225 e. The summed E-state index contributed by atoms with van der Waals surface area (Å²) in [4.78, 5) is 20.0. The van der Waals surface area contributed by atoms with Crippen molar-refractivity contribution < 1.29 is 9.18 Å². The average Bonchev–Trinajstić information content (AvgIpc) is 3.28. The molecule has 0 spiro atoms. The van der Waals surface area contributed by atoms with E-state index in [4.69, 9.17) is 5.10 Å². The summed E-state index contributed by atoms with van der Waals surface area (Å²) >= 11 is 0. The van der Waals surface area contributed by atoms with E-state index in [0.29, 0.717) is 6.54 Å². The molecule has 0 saturated carbocycles. The molecule has 5 rings (SSSR count). The molecule has 3 heterocycles. The monoisotopic (exact) mass is 471 g/mol. The fourth-order valence-corrected chi connectivity index (χ4v) is 4.93. The van der Waals surface area contributed by atoms with Crippen LogP contribution in [-0.2, 0) is 4.79 Å². The molecule has 35 heavy (non-hydrogen) atoms. The van der Waals surface area contributed by atoms with Gasteiger partial charge in [-0.1, -0.05) is 35.9 Å². The zero-order valence-electron chi connectivity index (χ0n) is 20.3. The Bertz CT molecular complexity index is 1360. The van der Waals surface area contributed by atoms with E-state index in [-0.39, 0.29) is 23.7 Å². The zero-order valence-corrected chi connectivity index (χ0v) is 20.3. The number of amides is 1. The van der Waals surface area contributed by atoms with Crippen LogP contribution in [-0.4, -0.2) is 33.6 Å². The zero-order chi connectivity index (χ0) is 24.5. The SMILES string of the molecule is Cc1ccc(-c2cc3c(N4CCC[C@H](C(=O)N[C@@H](C)c5ccc(F)cc5)C4)nccn3n2)c(C)c1. The molecule has 4 aromatic rings. The molecule has 1 amide bonds. The number of carbonyl (C=O) groups is 1. The third-order valence-electron chi connectivity index (χ3n) is 6.85. The van der Waals surface area contributed by atoms with Crippen LogP contribution in [0.15, 0.2) is 60.9 Å². The summed E-state index contributed by atoms with van der Waals surface area (Å²) in [5.74, 6) is 0.441. The van der Waals surface area contributed by atoms with E-state index in [1.54, 1.807) is 18.3 Å². The Labute approximate surface area is 204 Å². The first-order valence-electron chi connectivity index (χ1n) is 12.1. The highest BCUT2D eigenvalue weighted by Gasteiger charge is 2.28. The van der Waals surface area contributed by atoms with E-state index in [9.17, 15) is 9.18 Å². The molecular formula is C28H30FN5O. The summed E-state index contributed by atoms with van der Waals surface area (Å²) in [6, 6.07) is 14.6. The smallest absolute Gasteiger partial charge is 0.225 e. The highest BCUT2D eigenvalue weighted by atomic mass is 19.1. The minimum absolute atomic E-state index is 0.0166. The number of piperidine rings is 1. The van der Waals surface area contributed by atoms with Crippen LogP contribution >= 0.6 is 0 Å². The van der Waals surface area contributed by atoms with E-state index in [0.717, 1.165) is 47.5 Å². The van der Waals surface area contributed by atoms with Gasteiger partial charge >= 0.3 is 0 Å². The van der Waals surface area contributed by atoms with E-state index in [1.165, 1.54) is 23.3 Å². The molecule has 0 radical (unpaired) electrons. The molecule has 6 nitrogen and oxygen atoms in total. The summed E-state index contributed by atoms with van der Waals surface area (Å²) in [6.07, 6.45) is 5.37. The minimum Gasteiger partial charge on any atom is -0.354 e. The summed E-state index contributed by atoms with van der Waals surface area (Å²) in [7, 11) is 0. The summed E-state index contributed by atoms with van der Waals surface area (Å²) in [5, 5.41) is 7.91. The molecule has 0 bridgehead atoms. The van der Waals surface area contributed by atoms with Gasteiger partial charge in [0.15, 0.2) is 5.82 Å². The van der Waals surface area contributed by atoms with Crippen LogP contribution in [0.3, 0.4) is 0 Å². The largest absolute Gasteiger partial charge is 0.354 e. The standard InChI is InChI=1S/C28H30FN5O/c1-18-6-11-24(19(2)15-18)25-16-26-27(30-12-14-34(26)32-25)33-13-4-5-22(17-33)28(35)31-20(3)21-7-9-23(29)10-8-21/h6-12,14-16,20,22H,4-5,13,17H2,1-3H3,(H,31,35)/t20-,22-/m0/s1. The second-order valence-corrected chi connectivity index (χ2v) is 9.50. The van der Waals surface area contributed by atoms with Crippen LogP contribution in [0.2, 0.25) is 0 Å². The summed E-state index contributed by atoms with van der Waals surface area (Å²) in [5.41, 5.74) is 6.25. The van der Waals surface area contributed by atoms with Crippen molar-refractivity contribution in [3.8, 4) is 11.3 Å². The lowest BCUT2D eigenvalue weighted by molar-refractivity contribution is -0.125. The van der Waals surface area contributed by atoms with Gasteiger partial charge < -0.3 is 10.2 Å². The van der Waals surface area contributed by atoms with Gasteiger partial charge in [0.1, 0.15) is 11.3 Å². The molecule has 1 saturated heterocycles. The van der Waals surface area contributed by atoms with Gasteiger partial charge in [0, 0.05) is 31.0 Å². The van der Waals surface area contributed by atoms with E-state index < -0.39 is 0 Å². The lowest BCUT2D eigenvalue weighted by Gasteiger charge is -2.33. The molecule has 0 unspecified atom stereocenters. The van der Waals surface area contributed by atoms with Crippen molar-refractivity contribution in [1.29, 1.82) is 0 Å². The molecule has 1 N–H and O–H groups in total. The summed E-state index contributed by atoms with van der Waals surface area (Å²) in [6.45, 7) is 7.56. The molecule has 1 aliphatic rings. The highest BCUT2D eigenvalue weighted by molar-refractivity contribution is 5.81. The fourth-order valence-electron chi connectivity index (χ4n) is 4.93. The van der Waals surface area contributed by atoms with Crippen LogP contribution in [0.5, 0.6) is 0 Å². The Morgan fingerprint density at radius 3 is 2.71 bits per heavy atom. The van der Waals surface area contributed by atoms with Crippen molar-refractivity contribution in [3.05, 3.63) is 83.4 Å². The Kier molecular flexibility index (Phi) is 6.24. The quantitative estimate of drug-likeness (QED) is 0.432. The third kappa shape index (κ3) is 4.76. The topological polar surface area (TPSA) is 62.5 Å². The predicted molar refractivity (Wildman–Crippen MR) is 136 cm³/mol. The van der Waals surface area contributed by atoms with Gasteiger partial charge in [-0.2, -0.15) is 5.10 Å². The second kappa shape index (κ2) is 9.49. The Morgan fingerprint density at radius 2 is 1.94 bits per heavy atom. The van der Waals surface area contributed by atoms with Crippen LogP contribution in [0.4, 0.5) is 10.2 Å². The van der Waals surface area contributed by atoms with Gasteiger partial charge in [0.25, 0.3) is 0 Å². The van der Waals surface area contributed by atoms with Gasteiger partial charge in [-0.05, 0) is 62.9 Å². The molecule has 0 aliphatic carbocycles. The van der Waals surface area contributed by atoms with E-state index in [2.05, 4.69) is 53.3 Å². The number of aryl methyl sites for hydroxylation is 2. The first-order chi connectivity index (χ1) is 16.9. The first kappa shape index (κ1) is 23.0. The number of rotatable bonds is 5. The lowest BCUT2D eigenvalue weighted by Crippen LogP contribution is -2.44. The molecule has 2 atom stereocenters. The maximum atomic E-state index is 13.2. The average molecular weight is 472 g/mol. The van der Waals surface area contributed by atoms with Crippen LogP contribution in [0.25, 0.3) is 16.8 Å². The van der Waals surface area contributed by atoms with E-state index in [1.807, 2.05) is 17.6 Å². The van der Waals surface area contributed by atoms with Crippen molar-refractivity contribution in [2.75, 3.05) is 18.0 Å². The lowest BCUT2D eigenvalue weighted by atomic mass is 9.96. The number of hydrogen-bond acceptors (Lipinski definition) is 4. The Balaban J connectivity index is 1.35. The van der Waals surface area contributed by atoms with Crippen molar-refractivity contribution in [1.82, 2.24) is 19.9 Å². The van der Waals surface area contributed by atoms with Crippen molar-refractivity contribution in [3.63, 3.8) is 0 Å². The number of nitrogens with zero attached hydrogens (tertiary/aromatic N) is 4. The highest BCUT2D eigenvalue weighted by Crippen LogP contribution is 2.30. The van der Waals surface area contributed by atoms with Crippen LogP contribution in [0, 0.1) is 25.6 Å². The number of benzene rings is 2. The Morgan fingerprint density at radius 1 is 1.14 bits per heavy atom. The van der Waals surface area contributed by atoms with Crippen LogP contribution in [0.1, 0.15) is 42.5 Å². The van der Waals surface area contributed by atoms with Crippen molar-refractivity contribution in [2.45, 2.75) is 39.7 Å². The second-order valence-electron chi connectivity index (χ2n) is 9.50. The normalized spacial score (nSPS) is 16.9. The van der Waals surface area contributed by atoms with Gasteiger partial charge in [-0.3, -0.25) is 4.79 Å². The molecule has 2 aromatic carbocycles. The number of aromatic nitrogens is 3. The fraction of sp³-hybridized carbons (Fsp3) is 0.321. The van der Waals surface area contributed by atoms with E-state index >= 15 is 0 Å². The number of hydrogen-bond donors (Lipinski definition) is 1. The van der Waals surface area contributed by atoms with Gasteiger partial charge in [0.05, 0.1) is 17.7 Å². The van der Waals surface area contributed by atoms with Crippen molar-refractivity contribution >= 4 is 17.2 Å². The minimum atomic E-state index is -0.280. The summed E-state index contributed by atoms with van der Waals surface area (Å²) < 4.78 is 15.1. The number of nitrogens with one attached hydrogen (secondary N) is 1. The third-order valence-corrected chi connectivity index (χ3v) is 6.85. The van der Waals surface area contributed by atoms with Crippen molar-refractivity contribution in [2.24, 2.45) is 5.92 Å². The predicted octanol–water partition coefficient (Wildman–Crippen LogP) is 5.25. The maximum absolute atomic E-state index is 13.2. The van der Waals surface area contributed by atoms with Gasteiger partial charge in [-0.15, -0.1) is 0 Å². The van der Waals surface area contributed by atoms with Crippen LogP contribution < -0.4 is 10.2 Å². The molecule has 7 heteroatoms. The van der Waals surface area contributed by atoms with Gasteiger partial charge in [0.2, 0.25) is 5.91 Å². The number of halogens is 1. The first-order valence-corrected chi connectivity index (χ1v) is 12.1. The molecule has 180 valence electrons. The molecule has 2 aromatic heterocycles. The number of carbonyl (C=O) groups excluding carboxylic acids is 1. The molecular weight excluding hydrogens is 441 g/mol. The number of anilines is 1. The molecule has 1 fully saturated rings. The number of fused-ring (bicyclic) bond motifs is 1. The molecule has 1 aliphatic heterocycles. The Hall–Kier alpha value is -3.74.